The number of unbranched alkanes of at least 4 members (excludes halogenated alkanes) is 7. The van der Waals surface area contributed by atoms with Gasteiger partial charge in [0.15, 0.2) is 0 Å². The molecule has 1 atom stereocenters. The standard InChI is InChI=1S/C19H36N/c1-4-5-6-7-8-9-10-11-12-13-14-15-16-17-18-19(2)20-3/h8-9,11-12,19H,4-7,10,13-18H2,1-3H3/b9-8+,12-11+. The molecule has 0 aliphatic rings. The Balaban J connectivity index is 3.19. The summed E-state index contributed by atoms with van der Waals surface area (Å²) in [5.41, 5.74) is 0. The first-order chi connectivity index (χ1) is 9.81. The van der Waals surface area contributed by atoms with Gasteiger partial charge in [-0.1, -0.05) is 63.3 Å². The van der Waals surface area contributed by atoms with Gasteiger partial charge < -0.3 is 0 Å². The summed E-state index contributed by atoms with van der Waals surface area (Å²) in [7, 11) is 1.92. The van der Waals surface area contributed by atoms with Crippen molar-refractivity contribution < 1.29 is 0 Å². The fraction of sp³-hybridized carbons (Fsp3) is 0.789. The summed E-state index contributed by atoms with van der Waals surface area (Å²) in [5.74, 6) is 0. The average Bonchev–Trinajstić information content (AvgIpc) is 2.47. The highest BCUT2D eigenvalue weighted by atomic mass is 14.8. The normalized spacial score (nSPS) is 13.6. The van der Waals surface area contributed by atoms with Crippen LogP contribution in [0.4, 0.5) is 0 Å². The number of allylic oxidation sites excluding steroid dienone is 4. The van der Waals surface area contributed by atoms with Crippen molar-refractivity contribution in [3.63, 3.8) is 0 Å². The van der Waals surface area contributed by atoms with Crippen molar-refractivity contribution >= 4 is 0 Å². The molecule has 0 N–H and O–H groups in total. The van der Waals surface area contributed by atoms with E-state index >= 15 is 0 Å². The molecular formula is C19H36N. The maximum atomic E-state index is 4.27. The molecule has 0 aromatic carbocycles. The molecule has 1 radical (unpaired) electrons. The molecule has 0 bridgehead atoms. The highest BCUT2D eigenvalue weighted by Gasteiger charge is 1.97. The van der Waals surface area contributed by atoms with Gasteiger partial charge >= 0.3 is 0 Å². The van der Waals surface area contributed by atoms with Crippen LogP contribution in [-0.2, 0) is 0 Å². The van der Waals surface area contributed by atoms with Gasteiger partial charge in [0, 0.05) is 13.1 Å². The zero-order valence-electron chi connectivity index (χ0n) is 14.1. The second-order valence-electron chi connectivity index (χ2n) is 5.77. The van der Waals surface area contributed by atoms with Crippen LogP contribution in [0.2, 0.25) is 0 Å². The Hall–Kier alpha value is -0.560. The fourth-order valence-corrected chi connectivity index (χ4v) is 2.20. The second-order valence-corrected chi connectivity index (χ2v) is 5.77. The van der Waals surface area contributed by atoms with E-state index in [-0.39, 0.29) is 0 Å². The Labute approximate surface area is 127 Å². The third kappa shape index (κ3) is 15.5. The monoisotopic (exact) mass is 278 g/mol. The van der Waals surface area contributed by atoms with E-state index in [9.17, 15) is 0 Å². The van der Waals surface area contributed by atoms with Gasteiger partial charge in [0.25, 0.3) is 0 Å². The summed E-state index contributed by atoms with van der Waals surface area (Å²) < 4.78 is 0. The molecule has 1 nitrogen and oxygen atoms in total. The maximum Gasteiger partial charge on any atom is 0.0214 e. The lowest BCUT2D eigenvalue weighted by atomic mass is 10.1. The van der Waals surface area contributed by atoms with Crippen molar-refractivity contribution in [3.8, 4) is 0 Å². The quantitative estimate of drug-likeness (QED) is 0.272. The minimum absolute atomic E-state index is 0.555. The van der Waals surface area contributed by atoms with E-state index in [0.717, 1.165) is 6.42 Å². The average molecular weight is 279 g/mol. The topological polar surface area (TPSA) is 14.1 Å². The van der Waals surface area contributed by atoms with Crippen LogP contribution in [0.5, 0.6) is 0 Å². The molecule has 0 aliphatic heterocycles. The van der Waals surface area contributed by atoms with E-state index in [1.165, 1.54) is 64.2 Å². The minimum Gasteiger partial charge on any atom is -0.242 e. The van der Waals surface area contributed by atoms with Crippen LogP contribution in [0.1, 0.15) is 84.5 Å². The van der Waals surface area contributed by atoms with Gasteiger partial charge in [-0.3, -0.25) is 0 Å². The maximum absolute atomic E-state index is 4.27. The molecule has 0 aromatic rings. The van der Waals surface area contributed by atoms with E-state index in [2.05, 4.69) is 43.5 Å². The summed E-state index contributed by atoms with van der Waals surface area (Å²) in [6, 6.07) is 0.555. The zero-order chi connectivity index (χ0) is 14.9. The SMILES string of the molecule is CCCCC/C=C/C/C=C/CCCCCCC(C)[N]C. The van der Waals surface area contributed by atoms with E-state index in [0.29, 0.717) is 6.04 Å². The van der Waals surface area contributed by atoms with Crippen molar-refractivity contribution in [3.05, 3.63) is 24.3 Å². The molecule has 0 fully saturated rings. The van der Waals surface area contributed by atoms with Gasteiger partial charge in [-0.2, -0.15) is 0 Å². The number of rotatable bonds is 14. The molecule has 0 saturated heterocycles. The molecule has 0 rings (SSSR count). The largest absolute Gasteiger partial charge is 0.242 e. The van der Waals surface area contributed by atoms with Crippen LogP contribution >= 0.6 is 0 Å². The number of nitrogens with zero attached hydrogens (tertiary/aromatic N) is 1. The van der Waals surface area contributed by atoms with Gasteiger partial charge in [-0.25, -0.2) is 5.32 Å². The first kappa shape index (κ1) is 19.4. The summed E-state index contributed by atoms with van der Waals surface area (Å²) in [6.07, 6.45) is 23.6. The van der Waals surface area contributed by atoms with E-state index in [1.807, 2.05) is 7.05 Å². The third-order valence-corrected chi connectivity index (χ3v) is 3.76. The van der Waals surface area contributed by atoms with Gasteiger partial charge in [-0.15, -0.1) is 0 Å². The van der Waals surface area contributed by atoms with Crippen LogP contribution in [0.15, 0.2) is 24.3 Å². The number of hydrogen-bond donors (Lipinski definition) is 0. The molecule has 117 valence electrons. The molecule has 20 heavy (non-hydrogen) atoms. The van der Waals surface area contributed by atoms with Crippen LogP contribution in [0.25, 0.3) is 0 Å². The van der Waals surface area contributed by atoms with Crippen molar-refractivity contribution in [2.75, 3.05) is 7.05 Å². The number of hydrogen-bond acceptors (Lipinski definition) is 0. The van der Waals surface area contributed by atoms with Crippen molar-refractivity contribution in [1.82, 2.24) is 5.32 Å². The van der Waals surface area contributed by atoms with Gasteiger partial charge in [0.2, 0.25) is 0 Å². The lowest BCUT2D eigenvalue weighted by Crippen LogP contribution is -2.13. The highest BCUT2D eigenvalue weighted by molar-refractivity contribution is 4.92. The van der Waals surface area contributed by atoms with Crippen LogP contribution in [0, 0.1) is 0 Å². The Bertz CT molecular complexity index is 230. The van der Waals surface area contributed by atoms with Gasteiger partial charge in [-0.05, 0) is 45.4 Å². The lowest BCUT2D eigenvalue weighted by molar-refractivity contribution is 0.508. The van der Waals surface area contributed by atoms with E-state index < -0.39 is 0 Å². The molecule has 1 unspecified atom stereocenters. The Morgan fingerprint density at radius 2 is 1.40 bits per heavy atom. The summed E-state index contributed by atoms with van der Waals surface area (Å²) >= 11 is 0. The second kappa shape index (κ2) is 16.5. The summed E-state index contributed by atoms with van der Waals surface area (Å²) in [4.78, 5) is 0. The van der Waals surface area contributed by atoms with Crippen molar-refractivity contribution in [2.45, 2.75) is 90.5 Å². The van der Waals surface area contributed by atoms with Crippen LogP contribution < -0.4 is 5.32 Å². The van der Waals surface area contributed by atoms with E-state index in [4.69, 9.17) is 0 Å². The van der Waals surface area contributed by atoms with Gasteiger partial charge in [0.05, 0.1) is 0 Å². The van der Waals surface area contributed by atoms with E-state index in [1.54, 1.807) is 0 Å². The molecular weight excluding hydrogens is 242 g/mol. The predicted octanol–water partition coefficient (Wildman–Crippen LogP) is 6.03. The smallest absolute Gasteiger partial charge is 0.0214 e. The Morgan fingerprint density at radius 1 is 0.800 bits per heavy atom. The Kier molecular flexibility index (Phi) is 16.0. The predicted molar refractivity (Wildman–Crippen MR) is 92.3 cm³/mol. The highest BCUT2D eigenvalue weighted by Crippen LogP contribution is 2.08. The minimum atomic E-state index is 0.555. The molecule has 0 aromatic heterocycles. The van der Waals surface area contributed by atoms with Crippen LogP contribution in [-0.4, -0.2) is 13.1 Å². The summed E-state index contributed by atoms with van der Waals surface area (Å²) in [6.45, 7) is 4.46. The fourth-order valence-electron chi connectivity index (χ4n) is 2.20. The molecule has 0 aliphatic carbocycles. The van der Waals surface area contributed by atoms with Crippen molar-refractivity contribution in [2.24, 2.45) is 0 Å². The summed E-state index contributed by atoms with van der Waals surface area (Å²) in [5, 5.41) is 4.27. The molecule has 0 saturated carbocycles. The Morgan fingerprint density at radius 3 is 2.00 bits per heavy atom. The zero-order valence-corrected chi connectivity index (χ0v) is 14.1. The van der Waals surface area contributed by atoms with Crippen molar-refractivity contribution in [1.29, 1.82) is 0 Å². The van der Waals surface area contributed by atoms with Gasteiger partial charge in [0.1, 0.15) is 0 Å². The molecule has 0 amide bonds. The first-order valence-corrected chi connectivity index (χ1v) is 8.70. The van der Waals surface area contributed by atoms with Crippen LogP contribution in [0.3, 0.4) is 0 Å². The third-order valence-electron chi connectivity index (χ3n) is 3.76. The molecule has 0 heterocycles. The molecule has 0 spiro atoms. The molecule has 1 heteroatoms. The lowest BCUT2D eigenvalue weighted by Gasteiger charge is -2.06. The first-order valence-electron chi connectivity index (χ1n) is 8.70.